The topological polar surface area (TPSA) is 71.2 Å². The fraction of sp³-hybridized carbons (Fsp3) is 0.714. The van der Waals surface area contributed by atoms with Crippen LogP contribution < -0.4 is 11.1 Å². The third-order valence-corrected chi connectivity index (χ3v) is 4.98. The number of nitrogens with two attached hydrogens (primary N) is 1. The van der Waals surface area contributed by atoms with Gasteiger partial charge in [0.15, 0.2) is 0 Å². The first-order chi connectivity index (χ1) is 9.76. The molecule has 2 heterocycles. The van der Waals surface area contributed by atoms with Crippen LogP contribution in [-0.4, -0.2) is 48.0 Å². The number of likely N-dealkylation sites (tertiary alicyclic amines) is 1. The zero-order chi connectivity index (χ0) is 13.9. The molecule has 0 spiro atoms. The van der Waals surface area contributed by atoms with Gasteiger partial charge >= 0.3 is 0 Å². The Bertz CT molecular complexity index is 471. The van der Waals surface area contributed by atoms with E-state index < -0.39 is 0 Å². The summed E-state index contributed by atoms with van der Waals surface area (Å²) in [6.45, 7) is 3.68. The largest absolute Gasteiger partial charge is 0.350 e. The minimum Gasteiger partial charge on any atom is -0.350 e. The first kappa shape index (κ1) is 14.0. The van der Waals surface area contributed by atoms with Crippen molar-refractivity contribution in [2.24, 2.45) is 11.7 Å². The molecule has 20 heavy (non-hydrogen) atoms. The molecule has 1 atom stereocenters. The molecule has 0 radical (unpaired) electrons. The summed E-state index contributed by atoms with van der Waals surface area (Å²) in [6, 6.07) is 0.841. The molecule has 6 heteroatoms. The minimum absolute atomic E-state index is 0.0469. The van der Waals surface area contributed by atoms with Gasteiger partial charge in [-0.3, -0.25) is 4.79 Å². The predicted octanol–water partition coefficient (Wildman–Crippen LogP) is 0.858. The molecule has 2 aliphatic rings. The average molecular weight is 294 g/mol. The summed E-state index contributed by atoms with van der Waals surface area (Å²) in [5.41, 5.74) is 6.03. The molecule has 1 aromatic rings. The van der Waals surface area contributed by atoms with Crippen LogP contribution in [0.25, 0.3) is 0 Å². The van der Waals surface area contributed by atoms with Crippen LogP contribution in [0.15, 0.2) is 5.38 Å². The van der Waals surface area contributed by atoms with E-state index in [1.807, 2.05) is 5.38 Å². The van der Waals surface area contributed by atoms with Gasteiger partial charge in [0.05, 0.1) is 5.01 Å². The van der Waals surface area contributed by atoms with E-state index in [4.69, 9.17) is 5.73 Å². The van der Waals surface area contributed by atoms with Gasteiger partial charge in [-0.15, -0.1) is 11.3 Å². The van der Waals surface area contributed by atoms with Crippen LogP contribution in [-0.2, 0) is 6.42 Å². The van der Waals surface area contributed by atoms with Crippen LogP contribution in [0.3, 0.4) is 0 Å². The van der Waals surface area contributed by atoms with Gasteiger partial charge in [-0.1, -0.05) is 0 Å². The highest BCUT2D eigenvalue weighted by Gasteiger charge is 2.34. The fourth-order valence-corrected chi connectivity index (χ4v) is 3.58. The number of amides is 1. The zero-order valence-electron chi connectivity index (χ0n) is 11.7. The summed E-state index contributed by atoms with van der Waals surface area (Å²) in [4.78, 5) is 18.9. The third kappa shape index (κ3) is 3.37. The van der Waals surface area contributed by atoms with E-state index in [-0.39, 0.29) is 5.91 Å². The Morgan fingerprint density at radius 3 is 3.10 bits per heavy atom. The number of hydrogen-bond acceptors (Lipinski definition) is 5. The molecule has 3 rings (SSSR count). The molecule has 5 nitrogen and oxygen atoms in total. The summed E-state index contributed by atoms with van der Waals surface area (Å²) in [6.07, 6.45) is 4.67. The maximum Gasteiger partial charge on any atom is 0.270 e. The van der Waals surface area contributed by atoms with E-state index in [1.165, 1.54) is 37.1 Å². The molecule has 1 unspecified atom stereocenters. The quantitative estimate of drug-likeness (QED) is 0.816. The van der Waals surface area contributed by atoms with Gasteiger partial charge in [0.25, 0.3) is 5.91 Å². The van der Waals surface area contributed by atoms with E-state index in [0.29, 0.717) is 18.2 Å². The summed E-state index contributed by atoms with van der Waals surface area (Å²) < 4.78 is 0. The van der Waals surface area contributed by atoms with Gasteiger partial charge in [0, 0.05) is 30.9 Å². The number of carbonyl (C=O) groups is 1. The summed E-state index contributed by atoms with van der Waals surface area (Å²) in [5, 5.41) is 5.79. The maximum absolute atomic E-state index is 12.0. The number of hydrogen-bond donors (Lipinski definition) is 2. The van der Waals surface area contributed by atoms with E-state index in [1.54, 1.807) is 0 Å². The number of thiazole rings is 1. The van der Waals surface area contributed by atoms with Crippen molar-refractivity contribution in [1.82, 2.24) is 15.2 Å². The maximum atomic E-state index is 12.0. The van der Waals surface area contributed by atoms with Crippen LogP contribution in [0, 0.1) is 5.92 Å². The lowest BCUT2D eigenvalue weighted by molar-refractivity contribution is 0.0943. The van der Waals surface area contributed by atoms with Crippen molar-refractivity contribution in [2.75, 3.05) is 26.2 Å². The van der Waals surface area contributed by atoms with E-state index in [9.17, 15) is 4.79 Å². The fourth-order valence-electron chi connectivity index (χ4n) is 2.78. The number of nitrogens with zero attached hydrogens (tertiary/aromatic N) is 2. The highest BCUT2D eigenvalue weighted by molar-refractivity contribution is 7.09. The third-order valence-electron chi connectivity index (χ3n) is 4.07. The predicted molar refractivity (Wildman–Crippen MR) is 79.9 cm³/mol. The van der Waals surface area contributed by atoms with Crippen molar-refractivity contribution in [1.29, 1.82) is 0 Å². The smallest absolute Gasteiger partial charge is 0.270 e. The van der Waals surface area contributed by atoms with E-state index >= 15 is 0 Å². The minimum atomic E-state index is -0.0469. The Labute approximate surface area is 123 Å². The average Bonchev–Trinajstić information content (AvgIpc) is 3.01. The van der Waals surface area contributed by atoms with Crippen molar-refractivity contribution >= 4 is 17.2 Å². The van der Waals surface area contributed by atoms with Crippen LogP contribution in [0.5, 0.6) is 0 Å². The van der Waals surface area contributed by atoms with Crippen molar-refractivity contribution < 1.29 is 4.79 Å². The van der Waals surface area contributed by atoms with Crippen LogP contribution >= 0.6 is 11.3 Å². The normalized spacial score (nSPS) is 23.1. The molecular formula is C14H22N4OS. The van der Waals surface area contributed by atoms with E-state index in [0.717, 1.165) is 30.6 Å². The van der Waals surface area contributed by atoms with Gasteiger partial charge in [-0.2, -0.15) is 0 Å². The number of carbonyl (C=O) groups excluding carboxylic acids is 1. The first-order valence-electron chi connectivity index (χ1n) is 7.43. The lowest BCUT2D eigenvalue weighted by Crippen LogP contribution is -2.31. The summed E-state index contributed by atoms with van der Waals surface area (Å²) in [5.74, 6) is 0.552. The molecule has 1 saturated heterocycles. The number of nitrogens with one attached hydrogen (secondary N) is 1. The lowest BCUT2D eigenvalue weighted by Gasteiger charge is -2.14. The molecule has 1 aliphatic heterocycles. The molecule has 1 aliphatic carbocycles. The van der Waals surface area contributed by atoms with Crippen LogP contribution in [0.1, 0.15) is 34.8 Å². The molecule has 0 bridgehead atoms. The van der Waals surface area contributed by atoms with Gasteiger partial charge in [0.2, 0.25) is 0 Å². The first-order valence-corrected chi connectivity index (χ1v) is 8.31. The molecule has 0 aromatic carbocycles. The van der Waals surface area contributed by atoms with Gasteiger partial charge in [-0.25, -0.2) is 4.98 Å². The molecule has 1 saturated carbocycles. The lowest BCUT2D eigenvalue weighted by atomic mass is 10.1. The summed E-state index contributed by atoms with van der Waals surface area (Å²) >= 11 is 1.51. The highest BCUT2D eigenvalue weighted by Crippen LogP contribution is 2.31. The second-order valence-corrected chi connectivity index (χ2v) is 6.70. The van der Waals surface area contributed by atoms with Crippen LogP contribution in [0.2, 0.25) is 0 Å². The molecule has 3 N–H and O–H groups in total. The second kappa shape index (κ2) is 6.20. The highest BCUT2D eigenvalue weighted by atomic mass is 32.1. The van der Waals surface area contributed by atoms with Gasteiger partial charge in [-0.05, 0) is 38.3 Å². The van der Waals surface area contributed by atoms with E-state index in [2.05, 4.69) is 15.2 Å². The van der Waals surface area contributed by atoms with Gasteiger partial charge in [0.1, 0.15) is 5.69 Å². The Morgan fingerprint density at radius 1 is 1.50 bits per heavy atom. The monoisotopic (exact) mass is 294 g/mol. The molecule has 1 aromatic heterocycles. The van der Waals surface area contributed by atoms with Crippen molar-refractivity contribution in [2.45, 2.75) is 31.7 Å². The standard InChI is InChI=1S/C14H22N4OS/c15-5-3-13-17-12(9-20-13)14(19)16-7-10-4-6-18(8-10)11-1-2-11/h9-11H,1-8,15H2,(H,16,19). The Morgan fingerprint density at radius 2 is 2.35 bits per heavy atom. The Balaban J connectivity index is 1.44. The van der Waals surface area contributed by atoms with Crippen molar-refractivity contribution in [3.05, 3.63) is 16.1 Å². The van der Waals surface area contributed by atoms with Gasteiger partial charge < -0.3 is 16.0 Å². The molecule has 1 amide bonds. The Hall–Kier alpha value is -0.980. The number of aromatic nitrogens is 1. The zero-order valence-corrected chi connectivity index (χ0v) is 12.5. The van der Waals surface area contributed by atoms with Crippen molar-refractivity contribution in [3.63, 3.8) is 0 Å². The van der Waals surface area contributed by atoms with Crippen molar-refractivity contribution in [3.8, 4) is 0 Å². The summed E-state index contributed by atoms with van der Waals surface area (Å²) in [7, 11) is 0. The Kier molecular flexibility index (Phi) is 4.33. The SMILES string of the molecule is NCCc1nc(C(=O)NCC2CCN(C3CC3)C2)cs1. The number of rotatable bonds is 6. The molecule has 110 valence electrons. The molecular weight excluding hydrogens is 272 g/mol. The molecule has 2 fully saturated rings. The van der Waals surface area contributed by atoms with Crippen LogP contribution in [0.4, 0.5) is 0 Å². The second-order valence-electron chi connectivity index (χ2n) is 5.76.